The maximum Gasteiger partial charge on any atom is 0.263 e. The zero-order valence-electron chi connectivity index (χ0n) is 14.8. The van der Waals surface area contributed by atoms with Crippen molar-refractivity contribution in [2.24, 2.45) is 0 Å². The second-order valence-electron chi connectivity index (χ2n) is 6.18. The van der Waals surface area contributed by atoms with E-state index in [0.717, 1.165) is 23.1 Å². The third kappa shape index (κ3) is 3.68. The minimum absolute atomic E-state index is 0.0829. The number of anilines is 2. The number of hydrogen-bond donors (Lipinski definition) is 3. The van der Waals surface area contributed by atoms with Gasteiger partial charge in [0.2, 0.25) is 0 Å². The van der Waals surface area contributed by atoms with Gasteiger partial charge in [-0.15, -0.1) is 11.3 Å². The number of carbonyl (C=O) groups is 1. The van der Waals surface area contributed by atoms with Gasteiger partial charge in [0.25, 0.3) is 5.91 Å². The molecule has 3 aromatic heterocycles. The van der Waals surface area contributed by atoms with Gasteiger partial charge in [-0.05, 0) is 42.0 Å². The summed E-state index contributed by atoms with van der Waals surface area (Å²) in [6.07, 6.45) is 4.12. The highest BCUT2D eigenvalue weighted by Gasteiger charge is 2.15. The number of hydrogen-bond acceptors (Lipinski definition) is 5. The van der Waals surface area contributed by atoms with Crippen molar-refractivity contribution in [3.05, 3.63) is 70.3 Å². The van der Waals surface area contributed by atoms with E-state index in [1.165, 1.54) is 28.8 Å². The van der Waals surface area contributed by atoms with Gasteiger partial charge in [-0.25, -0.2) is 9.97 Å². The van der Waals surface area contributed by atoms with Crippen LogP contribution in [0.5, 0.6) is 0 Å². The number of thiophene rings is 1. The van der Waals surface area contributed by atoms with Gasteiger partial charge in [0.1, 0.15) is 22.7 Å². The number of nitrogens with one attached hydrogen (secondary N) is 3. The number of aryl methyl sites for hydroxylation is 1. The minimum Gasteiger partial charge on any atom is -0.351 e. The number of rotatable bonds is 6. The fraction of sp³-hybridized carbons (Fsp3) is 0.150. The fourth-order valence-corrected chi connectivity index (χ4v) is 3.73. The summed E-state index contributed by atoms with van der Waals surface area (Å²) in [5, 5.41) is 9.05. The zero-order valence-corrected chi connectivity index (χ0v) is 15.6. The molecule has 0 aliphatic heterocycles. The Kier molecular flexibility index (Phi) is 4.84. The Morgan fingerprint density at radius 3 is 2.96 bits per heavy atom. The quantitative estimate of drug-likeness (QED) is 0.473. The number of benzene rings is 1. The molecule has 3 heterocycles. The Labute approximate surface area is 160 Å². The van der Waals surface area contributed by atoms with Gasteiger partial charge in [-0.1, -0.05) is 24.3 Å². The van der Waals surface area contributed by atoms with Crippen LogP contribution in [0.1, 0.15) is 20.8 Å². The van der Waals surface area contributed by atoms with E-state index in [2.05, 4.69) is 44.6 Å². The van der Waals surface area contributed by atoms with E-state index in [1.54, 1.807) is 0 Å². The largest absolute Gasteiger partial charge is 0.351 e. The molecule has 1 aromatic carbocycles. The maximum absolute atomic E-state index is 12.6. The molecule has 0 bridgehead atoms. The highest BCUT2D eigenvalue weighted by Crippen LogP contribution is 2.28. The van der Waals surface area contributed by atoms with Gasteiger partial charge in [-0.2, -0.15) is 0 Å². The Morgan fingerprint density at radius 1 is 1.19 bits per heavy atom. The molecule has 0 radical (unpaired) electrons. The number of aromatic nitrogens is 3. The number of carbonyl (C=O) groups excluding carboxylic acids is 1. The number of amides is 1. The van der Waals surface area contributed by atoms with Gasteiger partial charge in [0, 0.05) is 12.7 Å². The molecule has 0 saturated heterocycles. The first-order valence-corrected chi connectivity index (χ1v) is 9.55. The third-order valence-corrected chi connectivity index (χ3v) is 5.33. The van der Waals surface area contributed by atoms with Crippen LogP contribution in [-0.4, -0.2) is 27.4 Å². The van der Waals surface area contributed by atoms with Crippen LogP contribution < -0.4 is 10.6 Å². The van der Waals surface area contributed by atoms with E-state index < -0.39 is 0 Å². The van der Waals surface area contributed by atoms with Crippen LogP contribution in [0.4, 0.5) is 11.5 Å². The summed E-state index contributed by atoms with van der Waals surface area (Å²) in [6, 6.07) is 12.0. The first-order valence-electron chi connectivity index (χ1n) is 8.67. The molecule has 7 heteroatoms. The predicted molar refractivity (Wildman–Crippen MR) is 109 cm³/mol. The van der Waals surface area contributed by atoms with Crippen molar-refractivity contribution in [3.63, 3.8) is 0 Å². The van der Waals surface area contributed by atoms with Crippen molar-refractivity contribution in [2.45, 2.75) is 13.3 Å². The molecule has 0 aliphatic carbocycles. The van der Waals surface area contributed by atoms with Gasteiger partial charge >= 0.3 is 0 Å². The first kappa shape index (κ1) is 17.2. The molecular weight excluding hydrogens is 358 g/mol. The molecule has 136 valence electrons. The zero-order chi connectivity index (χ0) is 18.6. The minimum atomic E-state index is -0.0829. The first-order chi connectivity index (χ1) is 13.2. The van der Waals surface area contributed by atoms with Crippen LogP contribution in [0.3, 0.4) is 0 Å². The predicted octanol–water partition coefficient (Wildman–Crippen LogP) is 4.04. The van der Waals surface area contributed by atoms with Crippen LogP contribution in [0.25, 0.3) is 11.0 Å². The molecule has 0 spiro atoms. The topological polar surface area (TPSA) is 82.7 Å². The van der Waals surface area contributed by atoms with E-state index in [9.17, 15) is 4.79 Å². The van der Waals surface area contributed by atoms with Crippen molar-refractivity contribution in [1.82, 2.24) is 20.3 Å². The summed E-state index contributed by atoms with van der Waals surface area (Å²) >= 11 is 1.41. The molecule has 0 saturated carbocycles. The van der Waals surface area contributed by atoms with Gasteiger partial charge in [0.15, 0.2) is 0 Å². The van der Waals surface area contributed by atoms with E-state index in [-0.39, 0.29) is 5.91 Å². The van der Waals surface area contributed by atoms with Crippen LogP contribution in [0, 0.1) is 6.92 Å². The molecule has 4 aromatic rings. The highest BCUT2D eigenvalue weighted by atomic mass is 32.1. The maximum atomic E-state index is 12.6. The summed E-state index contributed by atoms with van der Waals surface area (Å²) in [7, 11) is 0. The summed E-state index contributed by atoms with van der Waals surface area (Å²) < 4.78 is 0. The smallest absolute Gasteiger partial charge is 0.263 e. The van der Waals surface area contributed by atoms with Crippen LogP contribution >= 0.6 is 11.3 Å². The average molecular weight is 377 g/mol. The Hall–Kier alpha value is -3.19. The number of aromatic amines is 1. The lowest BCUT2D eigenvalue weighted by atomic mass is 10.1. The van der Waals surface area contributed by atoms with Crippen molar-refractivity contribution >= 4 is 39.8 Å². The van der Waals surface area contributed by atoms with Gasteiger partial charge in [0.05, 0.1) is 11.1 Å². The standard InChI is InChI=1S/C20H19N5OS/c1-13-4-2-3-5-14(13)6-9-22-20(26)17-16(8-11-27-17)25-19-15-7-10-21-18(15)23-12-24-19/h2-5,7-8,10-12H,6,9H2,1H3,(H,22,26)(H2,21,23,24,25). The van der Waals surface area contributed by atoms with Gasteiger partial charge in [-0.3, -0.25) is 4.79 Å². The molecular formula is C20H19N5OS. The van der Waals surface area contributed by atoms with Crippen molar-refractivity contribution in [1.29, 1.82) is 0 Å². The Balaban J connectivity index is 1.44. The van der Waals surface area contributed by atoms with Crippen molar-refractivity contribution < 1.29 is 4.79 Å². The normalized spacial score (nSPS) is 10.9. The van der Waals surface area contributed by atoms with Crippen LogP contribution in [-0.2, 0) is 6.42 Å². The van der Waals surface area contributed by atoms with Crippen molar-refractivity contribution in [2.75, 3.05) is 11.9 Å². The third-order valence-electron chi connectivity index (χ3n) is 4.42. The summed E-state index contributed by atoms with van der Waals surface area (Å²) in [6.45, 7) is 2.68. The number of nitrogens with zero attached hydrogens (tertiary/aromatic N) is 2. The average Bonchev–Trinajstić information content (AvgIpc) is 3.33. The van der Waals surface area contributed by atoms with E-state index in [1.807, 2.05) is 35.8 Å². The SMILES string of the molecule is Cc1ccccc1CCNC(=O)c1sccc1Nc1ncnc2[nH]ccc12. The molecule has 0 fully saturated rings. The molecule has 27 heavy (non-hydrogen) atoms. The van der Waals surface area contributed by atoms with Gasteiger partial charge < -0.3 is 15.6 Å². The Morgan fingerprint density at radius 2 is 2.07 bits per heavy atom. The van der Waals surface area contributed by atoms with E-state index in [4.69, 9.17) is 0 Å². The molecule has 3 N–H and O–H groups in total. The lowest BCUT2D eigenvalue weighted by Crippen LogP contribution is -2.25. The molecule has 0 atom stereocenters. The second-order valence-corrected chi connectivity index (χ2v) is 7.10. The number of fused-ring (bicyclic) bond motifs is 1. The van der Waals surface area contributed by atoms with E-state index >= 15 is 0 Å². The summed E-state index contributed by atoms with van der Waals surface area (Å²) in [5.41, 5.74) is 3.99. The molecule has 0 unspecified atom stereocenters. The molecule has 1 amide bonds. The molecule has 4 rings (SSSR count). The molecule has 0 aliphatic rings. The monoisotopic (exact) mass is 377 g/mol. The highest BCUT2D eigenvalue weighted by molar-refractivity contribution is 7.12. The van der Waals surface area contributed by atoms with Crippen LogP contribution in [0.15, 0.2) is 54.3 Å². The van der Waals surface area contributed by atoms with Crippen molar-refractivity contribution in [3.8, 4) is 0 Å². The fourth-order valence-electron chi connectivity index (χ4n) is 2.96. The number of H-pyrrole nitrogens is 1. The summed E-state index contributed by atoms with van der Waals surface area (Å²) in [4.78, 5) is 24.8. The lowest BCUT2D eigenvalue weighted by Gasteiger charge is -2.09. The van der Waals surface area contributed by atoms with E-state index in [0.29, 0.717) is 17.2 Å². The Bertz CT molecular complexity index is 1080. The second kappa shape index (κ2) is 7.59. The summed E-state index contributed by atoms with van der Waals surface area (Å²) in [5.74, 6) is 0.592. The molecule has 6 nitrogen and oxygen atoms in total. The van der Waals surface area contributed by atoms with Crippen LogP contribution in [0.2, 0.25) is 0 Å². The lowest BCUT2D eigenvalue weighted by molar-refractivity contribution is 0.0959.